The van der Waals surface area contributed by atoms with Crippen LogP contribution in [0, 0.1) is 15.5 Å². The molecular weight excluding hydrogens is 298 g/mol. The molecule has 2 N–H and O–H groups in total. The SMILES string of the molecule is CC1(C)CC(=O)C=C(NNC(=O)Cc2ccc([N+](=O)[O-])cc2)C1. The van der Waals surface area contributed by atoms with Gasteiger partial charge in [0.25, 0.3) is 5.69 Å². The summed E-state index contributed by atoms with van der Waals surface area (Å²) in [6, 6.07) is 5.82. The molecule has 0 unspecified atom stereocenters. The van der Waals surface area contributed by atoms with Gasteiger partial charge in [-0.25, -0.2) is 0 Å². The Labute approximate surface area is 133 Å². The molecule has 1 aromatic rings. The summed E-state index contributed by atoms with van der Waals surface area (Å²) in [6.45, 7) is 4.00. The highest BCUT2D eigenvalue weighted by molar-refractivity contribution is 5.91. The largest absolute Gasteiger partial charge is 0.303 e. The number of ketones is 1. The Morgan fingerprint density at radius 2 is 1.91 bits per heavy atom. The van der Waals surface area contributed by atoms with Gasteiger partial charge in [-0.2, -0.15) is 0 Å². The van der Waals surface area contributed by atoms with Gasteiger partial charge in [-0.1, -0.05) is 26.0 Å². The average molecular weight is 317 g/mol. The fourth-order valence-corrected chi connectivity index (χ4v) is 2.54. The number of hydrazine groups is 1. The Morgan fingerprint density at radius 1 is 1.26 bits per heavy atom. The van der Waals surface area contributed by atoms with E-state index in [0.29, 0.717) is 24.1 Å². The summed E-state index contributed by atoms with van der Waals surface area (Å²) in [5.41, 5.74) is 6.56. The van der Waals surface area contributed by atoms with Gasteiger partial charge in [0.05, 0.1) is 11.3 Å². The molecule has 2 rings (SSSR count). The van der Waals surface area contributed by atoms with E-state index < -0.39 is 4.92 Å². The summed E-state index contributed by atoms with van der Waals surface area (Å²) in [7, 11) is 0. The predicted octanol–water partition coefficient (Wildman–Crippen LogP) is 2.03. The zero-order chi connectivity index (χ0) is 17.0. The van der Waals surface area contributed by atoms with Crippen molar-refractivity contribution in [3.8, 4) is 0 Å². The highest BCUT2D eigenvalue weighted by atomic mass is 16.6. The van der Waals surface area contributed by atoms with E-state index >= 15 is 0 Å². The highest BCUT2D eigenvalue weighted by Crippen LogP contribution is 2.32. The lowest BCUT2D eigenvalue weighted by molar-refractivity contribution is -0.384. The van der Waals surface area contributed by atoms with Crippen LogP contribution >= 0.6 is 0 Å². The normalized spacial score (nSPS) is 16.4. The second kappa shape index (κ2) is 6.60. The minimum Gasteiger partial charge on any atom is -0.303 e. The third-order valence-corrected chi connectivity index (χ3v) is 3.53. The summed E-state index contributed by atoms with van der Waals surface area (Å²) in [6.07, 6.45) is 2.78. The molecule has 122 valence electrons. The van der Waals surface area contributed by atoms with Crippen LogP contribution in [0.2, 0.25) is 0 Å². The lowest BCUT2D eigenvalue weighted by Gasteiger charge is -2.29. The molecule has 0 fully saturated rings. The fraction of sp³-hybridized carbons (Fsp3) is 0.375. The van der Waals surface area contributed by atoms with Crippen LogP contribution in [0.1, 0.15) is 32.3 Å². The number of nitrogens with zero attached hydrogens (tertiary/aromatic N) is 1. The molecule has 0 spiro atoms. The topological polar surface area (TPSA) is 101 Å². The second-order valence-electron chi connectivity index (χ2n) is 6.43. The Balaban J connectivity index is 1.88. The molecule has 7 nitrogen and oxygen atoms in total. The lowest BCUT2D eigenvalue weighted by Crippen LogP contribution is -2.40. The lowest BCUT2D eigenvalue weighted by atomic mass is 9.79. The Bertz CT molecular complexity index is 662. The first-order valence-corrected chi connectivity index (χ1v) is 7.27. The van der Waals surface area contributed by atoms with Gasteiger partial charge in [0.1, 0.15) is 0 Å². The third kappa shape index (κ3) is 4.91. The maximum atomic E-state index is 11.9. The van der Waals surface area contributed by atoms with Crippen molar-refractivity contribution >= 4 is 17.4 Å². The number of nitro benzene ring substituents is 1. The molecule has 0 radical (unpaired) electrons. The second-order valence-corrected chi connectivity index (χ2v) is 6.43. The number of nitrogens with one attached hydrogen (secondary N) is 2. The molecule has 0 saturated carbocycles. The fourth-order valence-electron chi connectivity index (χ4n) is 2.54. The molecule has 0 atom stereocenters. The van der Waals surface area contributed by atoms with Gasteiger partial charge in [-0.15, -0.1) is 0 Å². The van der Waals surface area contributed by atoms with Crippen molar-refractivity contribution in [2.45, 2.75) is 33.1 Å². The number of benzene rings is 1. The number of rotatable bonds is 5. The van der Waals surface area contributed by atoms with Gasteiger partial charge in [-0.3, -0.25) is 25.1 Å². The molecule has 0 aromatic heterocycles. The molecule has 7 heteroatoms. The number of hydrogen-bond acceptors (Lipinski definition) is 5. The minimum atomic E-state index is -0.486. The van der Waals surface area contributed by atoms with Crippen molar-refractivity contribution in [2.75, 3.05) is 0 Å². The van der Waals surface area contributed by atoms with E-state index in [1.807, 2.05) is 13.8 Å². The van der Waals surface area contributed by atoms with Gasteiger partial charge in [0, 0.05) is 30.3 Å². The Morgan fingerprint density at radius 3 is 2.48 bits per heavy atom. The summed E-state index contributed by atoms with van der Waals surface area (Å²) in [5, 5.41) is 10.6. The minimum absolute atomic E-state index is 0.0135. The number of non-ortho nitro benzene ring substituents is 1. The Kier molecular flexibility index (Phi) is 4.78. The van der Waals surface area contributed by atoms with Crippen molar-refractivity contribution in [2.24, 2.45) is 5.41 Å². The number of hydrogen-bond donors (Lipinski definition) is 2. The molecule has 0 aliphatic heterocycles. The molecule has 23 heavy (non-hydrogen) atoms. The van der Waals surface area contributed by atoms with E-state index in [4.69, 9.17) is 0 Å². The van der Waals surface area contributed by atoms with Crippen LogP contribution in [0.3, 0.4) is 0 Å². The van der Waals surface area contributed by atoms with Crippen LogP contribution < -0.4 is 10.9 Å². The van der Waals surface area contributed by atoms with Crippen molar-refractivity contribution in [3.05, 3.63) is 51.7 Å². The van der Waals surface area contributed by atoms with E-state index in [2.05, 4.69) is 10.9 Å². The van der Waals surface area contributed by atoms with Crippen LogP contribution in [0.4, 0.5) is 5.69 Å². The zero-order valence-electron chi connectivity index (χ0n) is 13.1. The summed E-state index contributed by atoms with van der Waals surface area (Å²) in [5.74, 6) is -0.246. The van der Waals surface area contributed by atoms with Gasteiger partial charge in [0.2, 0.25) is 5.91 Å². The molecule has 1 aliphatic carbocycles. The first-order chi connectivity index (χ1) is 10.7. The van der Waals surface area contributed by atoms with Crippen LogP contribution in [0.15, 0.2) is 36.0 Å². The van der Waals surface area contributed by atoms with Crippen molar-refractivity contribution < 1.29 is 14.5 Å². The molecule has 1 aliphatic rings. The molecule has 0 heterocycles. The first-order valence-electron chi connectivity index (χ1n) is 7.27. The van der Waals surface area contributed by atoms with Crippen molar-refractivity contribution in [3.63, 3.8) is 0 Å². The number of carbonyl (C=O) groups is 2. The number of amides is 1. The van der Waals surface area contributed by atoms with Crippen molar-refractivity contribution in [1.82, 2.24) is 10.9 Å². The average Bonchev–Trinajstić information content (AvgIpc) is 2.43. The van der Waals surface area contributed by atoms with Crippen LogP contribution in [-0.2, 0) is 16.0 Å². The molecule has 1 aromatic carbocycles. The van der Waals surface area contributed by atoms with Gasteiger partial charge < -0.3 is 5.43 Å². The van der Waals surface area contributed by atoms with E-state index in [0.717, 1.165) is 0 Å². The quantitative estimate of drug-likeness (QED) is 0.639. The van der Waals surface area contributed by atoms with Crippen LogP contribution in [0.5, 0.6) is 0 Å². The molecule has 1 amide bonds. The highest BCUT2D eigenvalue weighted by Gasteiger charge is 2.27. The number of carbonyl (C=O) groups excluding carboxylic acids is 2. The predicted molar refractivity (Wildman–Crippen MR) is 84.2 cm³/mol. The number of nitro groups is 1. The standard InChI is InChI=1S/C16H19N3O4/c1-16(2)9-12(8-14(20)10-16)17-18-15(21)7-11-3-5-13(6-4-11)19(22)23/h3-6,8,17H,7,9-10H2,1-2H3,(H,18,21). The third-order valence-electron chi connectivity index (χ3n) is 3.53. The number of allylic oxidation sites excluding steroid dienone is 2. The monoisotopic (exact) mass is 317 g/mol. The van der Waals surface area contributed by atoms with E-state index in [9.17, 15) is 19.7 Å². The van der Waals surface area contributed by atoms with Crippen molar-refractivity contribution in [1.29, 1.82) is 0 Å². The van der Waals surface area contributed by atoms with E-state index in [1.165, 1.54) is 18.2 Å². The van der Waals surface area contributed by atoms with Gasteiger partial charge in [0.15, 0.2) is 5.78 Å². The smallest absolute Gasteiger partial charge is 0.269 e. The first kappa shape index (κ1) is 16.7. The van der Waals surface area contributed by atoms with Crippen LogP contribution in [0.25, 0.3) is 0 Å². The maximum absolute atomic E-state index is 11.9. The van der Waals surface area contributed by atoms with E-state index in [1.54, 1.807) is 12.1 Å². The maximum Gasteiger partial charge on any atom is 0.269 e. The molecule has 0 saturated heterocycles. The van der Waals surface area contributed by atoms with E-state index in [-0.39, 0.29) is 29.2 Å². The Hall–Kier alpha value is -2.70. The zero-order valence-corrected chi connectivity index (χ0v) is 13.1. The summed E-state index contributed by atoms with van der Waals surface area (Å²) in [4.78, 5) is 33.6. The van der Waals surface area contributed by atoms with Gasteiger partial charge >= 0.3 is 0 Å². The molecule has 0 bridgehead atoms. The molecular formula is C16H19N3O4. The summed E-state index contributed by atoms with van der Waals surface area (Å²) >= 11 is 0. The summed E-state index contributed by atoms with van der Waals surface area (Å²) < 4.78 is 0. The van der Waals surface area contributed by atoms with Gasteiger partial charge in [-0.05, 0) is 17.4 Å². The van der Waals surface area contributed by atoms with Crippen LogP contribution in [-0.4, -0.2) is 16.6 Å².